The van der Waals surface area contributed by atoms with Gasteiger partial charge in [-0.05, 0) is 18.6 Å². The summed E-state index contributed by atoms with van der Waals surface area (Å²) in [5.74, 6) is -2.79. The average molecular weight is 302 g/mol. The maximum absolute atomic E-state index is 12.4. The molecule has 0 bridgehead atoms. The number of carbonyl (C=O) groups is 1. The lowest BCUT2D eigenvalue weighted by molar-refractivity contribution is -0.117. The molecule has 1 fully saturated rings. The number of carbonyl (C=O) groups excluding carboxylic acids is 1. The van der Waals surface area contributed by atoms with Crippen molar-refractivity contribution in [2.24, 2.45) is 0 Å². The maximum atomic E-state index is 12.4. The molecule has 1 aliphatic heterocycles. The van der Waals surface area contributed by atoms with Gasteiger partial charge in [-0.1, -0.05) is 23.9 Å². The fourth-order valence-electron chi connectivity index (χ4n) is 2.12. The van der Waals surface area contributed by atoms with Crippen LogP contribution in [-0.4, -0.2) is 47.4 Å². The lowest BCUT2D eigenvalue weighted by atomic mass is 10.3. The molecule has 1 atom stereocenters. The van der Waals surface area contributed by atoms with Crippen molar-refractivity contribution in [1.82, 2.24) is 4.90 Å². The SMILES string of the molecule is O=C(CN1CC[C@H](O)C1)Nc1ccccc1SC(F)F. The zero-order valence-corrected chi connectivity index (χ0v) is 11.6. The Balaban J connectivity index is 1.93. The first kappa shape index (κ1) is 15.2. The number of rotatable bonds is 5. The van der Waals surface area contributed by atoms with E-state index in [0.29, 0.717) is 41.9 Å². The zero-order valence-electron chi connectivity index (χ0n) is 10.8. The zero-order chi connectivity index (χ0) is 14.5. The molecule has 0 unspecified atom stereocenters. The number of hydrogen-bond acceptors (Lipinski definition) is 4. The summed E-state index contributed by atoms with van der Waals surface area (Å²) in [5.41, 5.74) is 0.391. The van der Waals surface area contributed by atoms with Crippen LogP contribution in [0.25, 0.3) is 0 Å². The second kappa shape index (κ2) is 7.01. The number of aliphatic hydroxyl groups excluding tert-OH is 1. The number of alkyl halides is 2. The van der Waals surface area contributed by atoms with Gasteiger partial charge in [-0.2, -0.15) is 8.78 Å². The minimum absolute atomic E-state index is 0.157. The van der Waals surface area contributed by atoms with E-state index in [-0.39, 0.29) is 18.6 Å². The quantitative estimate of drug-likeness (QED) is 0.817. The number of anilines is 1. The number of aliphatic hydroxyl groups is 1. The van der Waals surface area contributed by atoms with Crippen LogP contribution in [0.1, 0.15) is 6.42 Å². The monoisotopic (exact) mass is 302 g/mol. The molecule has 20 heavy (non-hydrogen) atoms. The third-order valence-corrected chi connectivity index (χ3v) is 3.78. The summed E-state index contributed by atoms with van der Waals surface area (Å²) in [6, 6.07) is 6.48. The number of likely N-dealkylation sites (tertiary alicyclic amines) is 1. The Hall–Kier alpha value is -1.18. The van der Waals surface area contributed by atoms with Gasteiger partial charge >= 0.3 is 0 Å². The standard InChI is InChI=1S/C13H16F2N2O2S/c14-13(15)20-11-4-2-1-3-10(11)16-12(19)8-17-6-5-9(18)7-17/h1-4,9,13,18H,5-8H2,(H,16,19)/t9-/m0/s1. The summed E-state index contributed by atoms with van der Waals surface area (Å²) >= 11 is 0.409. The Bertz CT molecular complexity index is 473. The number of amides is 1. The summed E-state index contributed by atoms with van der Waals surface area (Å²) < 4.78 is 24.8. The molecule has 0 spiro atoms. The molecule has 4 nitrogen and oxygen atoms in total. The van der Waals surface area contributed by atoms with Crippen molar-refractivity contribution < 1.29 is 18.7 Å². The van der Waals surface area contributed by atoms with Crippen molar-refractivity contribution in [3.8, 4) is 0 Å². The largest absolute Gasteiger partial charge is 0.392 e. The minimum Gasteiger partial charge on any atom is -0.392 e. The van der Waals surface area contributed by atoms with Gasteiger partial charge in [0.2, 0.25) is 5.91 Å². The van der Waals surface area contributed by atoms with E-state index in [0.717, 1.165) is 0 Å². The van der Waals surface area contributed by atoms with E-state index in [1.807, 2.05) is 4.90 Å². The molecule has 0 saturated carbocycles. The molecule has 1 aromatic rings. The predicted molar refractivity (Wildman–Crippen MR) is 74.0 cm³/mol. The van der Waals surface area contributed by atoms with Crippen molar-refractivity contribution in [3.63, 3.8) is 0 Å². The Morgan fingerprint density at radius 3 is 2.90 bits per heavy atom. The first-order valence-electron chi connectivity index (χ1n) is 6.28. The van der Waals surface area contributed by atoms with Crippen LogP contribution >= 0.6 is 11.8 Å². The highest BCUT2D eigenvalue weighted by molar-refractivity contribution is 7.99. The maximum Gasteiger partial charge on any atom is 0.288 e. The van der Waals surface area contributed by atoms with Gasteiger partial charge in [-0.25, -0.2) is 0 Å². The van der Waals surface area contributed by atoms with E-state index in [4.69, 9.17) is 0 Å². The molecular weight excluding hydrogens is 286 g/mol. The lowest BCUT2D eigenvalue weighted by Crippen LogP contribution is -2.32. The molecule has 2 rings (SSSR count). The number of benzene rings is 1. The summed E-state index contributed by atoms with van der Waals surface area (Å²) in [6.45, 7) is 1.30. The molecule has 1 aliphatic rings. The summed E-state index contributed by atoms with van der Waals surface area (Å²) in [4.78, 5) is 14.1. The highest BCUT2D eigenvalue weighted by Crippen LogP contribution is 2.31. The second-order valence-corrected chi connectivity index (χ2v) is 5.63. The Labute approximate surface area is 120 Å². The van der Waals surface area contributed by atoms with Crippen LogP contribution in [0.15, 0.2) is 29.2 Å². The molecule has 0 radical (unpaired) electrons. The fourth-order valence-corrected chi connectivity index (χ4v) is 2.71. The van der Waals surface area contributed by atoms with Crippen molar-refractivity contribution in [1.29, 1.82) is 0 Å². The molecule has 110 valence electrons. The highest BCUT2D eigenvalue weighted by Gasteiger charge is 2.22. The van der Waals surface area contributed by atoms with Crippen LogP contribution in [0.2, 0.25) is 0 Å². The molecule has 1 amide bonds. The minimum atomic E-state index is -2.53. The normalized spacial score (nSPS) is 19.5. The topological polar surface area (TPSA) is 52.6 Å². The lowest BCUT2D eigenvalue weighted by Gasteiger charge is -2.15. The van der Waals surface area contributed by atoms with Crippen molar-refractivity contribution in [2.45, 2.75) is 23.2 Å². The number of para-hydroxylation sites is 1. The van der Waals surface area contributed by atoms with Gasteiger partial charge in [0.15, 0.2) is 0 Å². The number of nitrogens with zero attached hydrogens (tertiary/aromatic N) is 1. The van der Waals surface area contributed by atoms with Gasteiger partial charge in [0.1, 0.15) is 0 Å². The van der Waals surface area contributed by atoms with Crippen LogP contribution in [-0.2, 0) is 4.79 Å². The van der Waals surface area contributed by atoms with Crippen molar-refractivity contribution in [3.05, 3.63) is 24.3 Å². The molecule has 2 N–H and O–H groups in total. The van der Waals surface area contributed by atoms with Gasteiger partial charge < -0.3 is 10.4 Å². The molecule has 1 saturated heterocycles. The molecular formula is C13H16F2N2O2S. The van der Waals surface area contributed by atoms with Crippen LogP contribution in [0.4, 0.5) is 14.5 Å². The Kier molecular flexibility index (Phi) is 5.33. The number of halogens is 2. The summed E-state index contributed by atoms with van der Waals surface area (Å²) in [6.07, 6.45) is 0.273. The van der Waals surface area contributed by atoms with Gasteiger partial charge in [0.25, 0.3) is 5.76 Å². The predicted octanol–water partition coefficient (Wildman–Crippen LogP) is 2.01. The van der Waals surface area contributed by atoms with Crippen LogP contribution in [0.3, 0.4) is 0 Å². The average Bonchev–Trinajstić information content (AvgIpc) is 2.76. The van der Waals surface area contributed by atoms with E-state index in [1.165, 1.54) is 0 Å². The number of β-amino-alcohol motifs (C(OH)–C–C–N with tert-alkyl or cyclic N) is 1. The van der Waals surface area contributed by atoms with Crippen molar-refractivity contribution >= 4 is 23.4 Å². The van der Waals surface area contributed by atoms with E-state index >= 15 is 0 Å². The Morgan fingerprint density at radius 1 is 1.50 bits per heavy atom. The van der Waals surface area contributed by atoms with Gasteiger partial charge in [-0.15, -0.1) is 0 Å². The number of nitrogens with one attached hydrogen (secondary N) is 1. The van der Waals surface area contributed by atoms with Gasteiger partial charge in [0, 0.05) is 18.0 Å². The molecule has 0 aliphatic carbocycles. The summed E-state index contributed by atoms with van der Waals surface area (Å²) in [7, 11) is 0. The van der Waals surface area contributed by atoms with E-state index in [2.05, 4.69) is 5.32 Å². The van der Waals surface area contributed by atoms with E-state index in [1.54, 1.807) is 24.3 Å². The van der Waals surface area contributed by atoms with Gasteiger partial charge in [-0.3, -0.25) is 9.69 Å². The molecule has 1 aromatic carbocycles. The molecule has 7 heteroatoms. The smallest absolute Gasteiger partial charge is 0.288 e. The first-order chi connectivity index (χ1) is 9.54. The highest BCUT2D eigenvalue weighted by atomic mass is 32.2. The number of thioether (sulfide) groups is 1. The van der Waals surface area contributed by atoms with E-state index in [9.17, 15) is 18.7 Å². The van der Waals surface area contributed by atoms with Crippen LogP contribution < -0.4 is 5.32 Å². The second-order valence-electron chi connectivity index (χ2n) is 4.60. The summed E-state index contributed by atoms with van der Waals surface area (Å²) in [5, 5.41) is 12.0. The third kappa shape index (κ3) is 4.43. The molecule has 0 aromatic heterocycles. The van der Waals surface area contributed by atoms with Crippen LogP contribution in [0, 0.1) is 0 Å². The van der Waals surface area contributed by atoms with E-state index < -0.39 is 5.76 Å². The van der Waals surface area contributed by atoms with Gasteiger partial charge in [0.05, 0.1) is 18.3 Å². The Morgan fingerprint density at radius 2 is 2.25 bits per heavy atom. The number of hydrogen-bond donors (Lipinski definition) is 2. The first-order valence-corrected chi connectivity index (χ1v) is 7.16. The fraction of sp³-hybridized carbons (Fsp3) is 0.462. The van der Waals surface area contributed by atoms with Crippen molar-refractivity contribution in [2.75, 3.05) is 25.0 Å². The van der Waals surface area contributed by atoms with Crippen LogP contribution in [0.5, 0.6) is 0 Å². The molecule has 1 heterocycles. The third-order valence-electron chi connectivity index (χ3n) is 2.99.